The summed E-state index contributed by atoms with van der Waals surface area (Å²) >= 11 is 0. The third kappa shape index (κ3) is 3.88. The Morgan fingerprint density at radius 3 is 2.52 bits per heavy atom. The van der Waals surface area contributed by atoms with Crippen LogP contribution in [0, 0.1) is 5.92 Å². The lowest BCUT2D eigenvalue weighted by molar-refractivity contribution is -0.151. The van der Waals surface area contributed by atoms with Crippen LogP contribution in [0.1, 0.15) is 32.6 Å². The number of methoxy groups -OCH3 is 2. The number of anilines is 1. The van der Waals surface area contributed by atoms with Crippen LogP contribution in [-0.2, 0) is 14.3 Å². The topological polar surface area (TPSA) is 48.0 Å². The van der Waals surface area contributed by atoms with E-state index in [9.17, 15) is 4.79 Å². The Balaban J connectivity index is 1.76. The molecular formula is C20H27NO4. The Kier molecular flexibility index (Phi) is 5.76. The molecule has 1 saturated heterocycles. The first-order chi connectivity index (χ1) is 12.1. The average molecular weight is 345 g/mol. The van der Waals surface area contributed by atoms with Gasteiger partial charge in [0.1, 0.15) is 12.5 Å². The van der Waals surface area contributed by atoms with Crippen LogP contribution in [0.3, 0.4) is 0 Å². The first kappa shape index (κ1) is 18.0. The van der Waals surface area contributed by atoms with Gasteiger partial charge in [0.2, 0.25) is 0 Å². The molecule has 1 aromatic carbocycles. The van der Waals surface area contributed by atoms with Crippen molar-refractivity contribution >= 4 is 11.6 Å². The molecule has 1 aliphatic carbocycles. The van der Waals surface area contributed by atoms with Crippen molar-refractivity contribution in [1.29, 1.82) is 0 Å². The number of ether oxygens (including phenoxy) is 3. The van der Waals surface area contributed by atoms with E-state index in [1.54, 1.807) is 19.1 Å². The summed E-state index contributed by atoms with van der Waals surface area (Å²) < 4.78 is 15.8. The summed E-state index contributed by atoms with van der Waals surface area (Å²) in [5.41, 5.74) is 2.19. The summed E-state index contributed by atoms with van der Waals surface area (Å²) in [6.07, 6.45) is 6.81. The maximum Gasteiger partial charge on any atom is 0.259 e. The summed E-state index contributed by atoms with van der Waals surface area (Å²) in [6, 6.07) is 7.47. The van der Waals surface area contributed by atoms with E-state index >= 15 is 0 Å². The van der Waals surface area contributed by atoms with Gasteiger partial charge in [-0.15, -0.1) is 0 Å². The van der Waals surface area contributed by atoms with Crippen molar-refractivity contribution in [3.8, 4) is 5.75 Å². The number of allylic oxidation sites excluding steroid dienone is 1. The molecule has 2 unspecified atom stereocenters. The van der Waals surface area contributed by atoms with Crippen LogP contribution in [0.4, 0.5) is 5.69 Å². The highest BCUT2D eigenvalue weighted by Gasteiger charge is 2.48. The number of benzene rings is 1. The second-order valence-corrected chi connectivity index (χ2v) is 6.90. The van der Waals surface area contributed by atoms with E-state index in [1.807, 2.05) is 24.3 Å². The zero-order chi connectivity index (χ0) is 17.8. The number of hydrogen-bond acceptors (Lipinski definition) is 4. The highest BCUT2D eigenvalue weighted by atomic mass is 16.7. The van der Waals surface area contributed by atoms with E-state index in [1.165, 1.54) is 24.8 Å². The highest BCUT2D eigenvalue weighted by molar-refractivity contribution is 6.05. The fraction of sp³-hybridized carbons (Fsp3) is 0.550. The largest absolute Gasteiger partial charge is 0.497 e. The predicted octanol–water partition coefficient (Wildman–Crippen LogP) is 3.54. The lowest BCUT2D eigenvalue weighted by atomic mass is 9.80. The fourth-order valence-corrected chi connectivity index (χ4v) is 3.51. The van der Waals surface area contributed by atoms with Gasteiger partial charge in [-0.25, -0.2) is 0 Å². The van der Waals surface area contributed by atoms with Gasteiger partial charge in [0.05, 0.1) is 13.2 Å². The molecule has 5 heteroatoms. The first-order valence-corrected chi connectivity index (χ1v) is 8.89. The summed E-state index contributed by atoms with van der Waals surface area (Å²) in [5.74, 6) is 1.55. The molecule has 2 atom stereocenters. The van der Waals surface area contributed by atoms with Crippen molar-refractivity contribution in [3.63, 3.8) is 0 Å². The van der Waals surface area contributed by atoms with Crippen molar-refractivity contribution < 1.29 is 19.0 Å². The summed E-state index contributed by atoms with van der Waals surface area (Å²) in [5, 5.41) is 0. The molecule has 0 aromatic heterocycles. The fourth-order valence-electron chi connectivity index (χ4n) is 3.51. The molecule has 5 nitrogen and oxygen atoms in total. The number of nitrogens with zero attached hydrogens (tertiary/aromatic N) is 1. The summed E-state index contributed by atoms with van der Waals surface area (Å²) in [4.78, 5) is 14.4. The van der Waals surface area contributed by atoms with Gasteiger partial charge in [-0.1, -0.05) is 30.9 Å². The molecule has 1 heterocycles. The van der Waals surface area contributed by atoms with E-state index in [2.05, 4.69) is 13.0 Å². The van der Waals surface area contributed by atoms with Crippen molar-refractivity contribution in [2.45, 2.75) is 44.8 Å². The molecule has 3 rings (SSSR count). The quantitative estimate of drug-likeness (QED) is 0.411. The summed E-state index contributed by atoms with van der Waals surface area (Å²) in [7, 11) is 3.20. The highest BCUT2D eigenvalue weighted by Crippen LogP contribution is 2.35. The van der Waals surface area contributed by atoms with Crippen molar-refractivity contribution in [3.05, 3.63) is 35.9 Å². The Labute approximate surface area is 149 Å². The minimum Gasteiger partial charge on any atom is -0.497 e. The molecule has 2 fully saturated rings. The van der Waals surface area contributed by atoms with Crippen molar-refractivity contribution in [2.75, 3.05) is 25.9 Å². The number of amides is 1. The molecule has 2 aliphatic rings. The number of hydrogen-bond donors (Lipinski definition) is 0. The molecule has 0 bridgehead atoms. The van der Waals surface area contributed by atoms with Crippen LogP contribution in [-0.4, -0.2) is 39.1 Å². The van der Waals surface area contributed by atoms with Crippen LogP contribution in [0.25, 0.3) is 0 Å². The van der Waals surface area contributed by atoms with Gasteiger partial charge in [0.15, 0.2) is 6.10 Å². The molecule has 1 aliphatic heterocycles. The van der Waals surface area contributed by atoms with Crippen LogP contribution in [0.5, 0.6) is 5.75 Å². The zero-order valence-corrected chi connectivity index (χ0v) is 15.2. The van der Waals surface area contributed by atoms with Gasteiger partial charge < -0.3 is 14.2 Å². The van der Waals surface area contributed by atoms with Gasteiger partial charge in [0.25, 0.3) is 5.91 Å². The smallest absolute Gasteiger partial charge is 0.259 e. The second-order valence-electron chi connectivity index (χ2n) is 6.90. The average Bonchev–Trinajstić information content (AvgIpc) is 2.59. The monoisotopic (exact) mass is 345 g/mol. The van der Waals surface area contributed by atoms with Gasteiger partial charge >= 0.3 is 0 Å². The van der Waals surface area contributed by atoms with E-state index in [0.717, 1.165) is 23.8 Å². The van der Waals surface area contributed by atoms with Crippen molar-refractivity contribution in [1.82, 2.24) is 0 Å². The standard InChI is InChI=1S/C20H27NO4/c1-14(11-15-5-4-6-15)12-18-19(25-13-23-2)20(22)21(18)16-7-9-17(24-3)10-8-16/h7-10,12,15,18-19H,4-6,11,13H2,1-3H3/b14-12+. The van der Waals surface area contributed by atoms with E-state index < -0.39 is 6.10 Å². The number of carbonyl (C=O) groups is 1. The van der Waals surface area contributed by atoms with Gasteiger partial charge in [-0.05, 0) is 43.5 Å². The van der Waals surface area contributed by atoms with E-state index in [-0.39, 0.29) is 18.7 Å². The summed E-state index contributed by atoms with van der Waals surface area (Å²) in [6.45, 7) is 2.28. The van der Waals surface area contributed by atoms with Gasteiger partial charge in [-0.2, -0.15) is 0 Å². The molecule has 1 aromatic rings. The third-order valence-electron chi connectivity index (χ3n) is 5.10. The molecular weight excluding hydrogens is 318 g/mol. The molecule has 136 valence electrons. The van der Waals surface area contributed by atoms with Crippen molar-refractivity contribution in [2.24, 2.45) is 5.92 Å². The first-order valence-electron chi connectivity index (χ1n) is 8.89. The Hall–Kier alpha value is -1.85. The minimum absolute atomic E-state index is 0.0279. The lowest BCUT2D eigenvalue weighted by Gasteiger charge is -2.45. The normalized spacial score (nSPS) is 24.0. The molecule has 0 radical (unpaired) electrons. The zero-order valence-electron chi connectivity index (χ0n) is 15.2. The lowest BCUT2D eigenvalue weighted by Crippen LogP contribution is -2.65. The predicted molar refractivity (Wildman–Crippen MR) is 96.7 cm³/mol. The SMILES string of the molecule is COCOC1C(=O)N(c2ccc(OC)cc2)C1/C=C(\C)CC1CCC1. The maximum atomic E-state index is 12.6. The number of β-lactam (4-membered cyclic amide) rings is 1. The molecule has 0 spiro atoms. The Morgan fingerprint density at radius 1 is 1.24 bits per heavy atom. The molecule has 1 amide bonds. The second kappa shape index (κ2) is 8.02. The van der Waals surface area contributed by atoms with Crippen LogP contribution < -0.4 is 9.64 Å². The van der Waals surface area contributed by atoms with Gasteiger partial charge in [0, 0.05) is 12.8 Å². The molecule has 0 N–H and O–H groups in total. The van der Waals surface area contributed by atoms with Gasteiger partial charge in [-0.3, -0.25) is 9.69 Å². The third-order valence-corrected chi connectivity index (χ3v) is 5.10. The molecule has 25 heavy (non-hydrogen) atoms. The van der Waals surface area contributed by atoms with Crippen LogP contribution in [0.15, 0.2) is 35.9 Å². The van der Waals surface area contributed by atoms with E-state index in [4.69, 9.17) is 14.2 Å². The van der Waals surface area contributed by atoms with Crippen LogP contribution in [0.2, 0.25) is 0 Å². The Morgan fingerprint density at radius 2 is 1.96 bits per heavy atom. The van der Waals surface area contributed by atoms with Crippen LogP contribution >= 0.6 is 0 Å². The molecule has 1 saturated carbocycles. The number of rotatable bonds is 8. The van der Waals surface area contributed by atoms with E-state index in [0.29, 0.717) is 0 Å². The minimum atomic E-state index is -0.474. The number of carbonyl (C=O) groups excluding carboxylic acids is 1. The maximum absolute atomic E-state index is 12.6. The Bertz CT molecular complexity index is 621.